The normalized spacial score (nSPS) is 21.1. The van der Waals surface area contributed by atoms with Crippen molar-refractivity contribution in [3.05, 3.63) is 34.9 Å². The molecule has 0 saturated heterocycles. The van der Waals surface area contributed by atoms with E-state index in [4.69, 9.17) is 0 Å². The van der Waals surface area contributed by atoms with Gasteiger partial charge >= 0.3 is 0 Å². The Balaban J connectivity index is 1.62. The maximum absolute atomic E-state index is 10.5. The van der Waals surface area contributed by atoms with E-state index in [1.165, 1.54) is 62.5 Å². The van der Waals surface area contributed by atoms with Crippen LogP contribution in [0.1, 0.15) is 61.3 Å². The van der Waals surface area contributed by atoms with Crippen LogP contribution in [0.3, 0.4) is 0 Å². The smallest absolute Gasteiger partial charge is 0.0917 e. The molecule has 2 aliphatic carbocycles. The Kier molecular flexibility index (Phi) is 4.42. The van der Waals surface area contributed by atoms with Crippen LogP contribution in [0, 0.1) is 0 Å². The third-order valence-corrected chi connectivity index (χ3v) is 5.17. The third kappa shape index (κ3) is 3.07. The molecule has 0 amide bonds. The van der Waals surface area contributed by atoms with Crippen molar-refractivity contribution >= 4 is 0 Å². The minimum absolute atomic E-state index is 0.340. The summed E-state index contributed by atoms with van der Waals surface area (Å²) >= 11 is 0. The lowest BCUT2D eigenvalue weighted by atomic mass is 9.94. The van der Waals surface area contributed by atoms with Gasteiger partial charge in [-0.2, -0.15) is 0 Å². The van der Waals surface area contributed by atoms with Gasteiger partial charge in [-0.05, 0) is 55.8 Å². The fourth-order valence-electron chi connectivity index (χ4n) is 3.85. The fourth-order valence-corrected chi connectivity index (χ4v) is 3.85. The number of hydrogen-bond donors (Lipinski definition) is 1. The first-order valence-corrected chi connectivity index (χ1v) is 8.24. The van der Waals surface area contributed by atoms with Crippen molar-refractivity contribution < 1.29 is 5.11 Å². The van der Waals surface area contributed by atoms with Gasteiger partial charge < -0.3 is 10.0 Å². The number of benzene rings is 1. The standard InChI is InChI=1S/C18H27NO/c1-19(17-8-3-2-4-9-17)13-18(20)16-11-10-14-6-5-7-15(14)12-16/h10-12,17-18,20H,2-9,13H2,1H3. The summed E-state index contributed by atoms with van der Waals surface area (Å²) in [7, 11) is 2.17. The van der Waals surface area contributed by atoms with Crippen molar-refractivity contribution in [2.24, 2.45) is 0 Å². The van der Waals surface area contributed by atoms with Crippen molar-refractivity contribution in [3.8, 4) is 0 Å². The van der Waals surface area contributed by atoms with Crippen molar-refractivity contribution in [1.82, 2.24) is 4.90 Å². The van der Waals surface area contributed by atoms with E-state index in [2.05, 4.69) is 30.1 Å². The van der Waals surface area contributed by atoms with Gasteiger partial charge in [0, 0.05) is 12.6 Å². The molecule has 2 heteroatoms. The summed E-state index contributed by atoms with van der Waals surface area (Å²) in [5, 5.41) is 10.5. The molecule has 1 N–H and O–H groups in total. The van der Waals surface area contributed by atoms with Crippen LogP contribution < -0.4 is 0 Å². The van der Waals surface area contributed by atoms with Crippen LogP contribution in [-0.4, -0.2) is 29.6 Å². The Bertz CT molecular complexity index is 451. The predicted octanol–water partition coefficient (Wildman–Crippen LogP) is 3.47. The molecular weight excluding hydrogens is 246 g/mol. The van der Waals surface area contributed by atoms with Gasteiger partial charge in [-0.1, -0.05) is 37.5 Å². The lowest BCUT2D eigenvalue weighted by Crippen LogP contribution is -2.36. The van der Waals surface area contributed by atoms with E-state index >= 15 is 0 Å². The summed E-state index contributed by atoms with van der Waals surface area (Å²) < 4.78 is 0. The molecule has 1 fully saturated rings. The average Bonchev–Trinajstić information content (AvgIpc) is 2.95. The summed E-state index contributed by atoms with van der Waals surface area (Å²) in [6, 6.07) is 7.26. The van der Waals surface area contributed by atoms with E-state index in [1.54, 1.807) is 0 Å². The molecule has 1 saturated carbocycles. The van der Waals surface area contributed by atoms with Crippen LogP contribution in [0.25, 0.3) is 0 Å². The number of aryl methyl sites for hydroxylation is 2. The van der Waals surface area contributed by atoms with Crippen molar-refractivity contribution in [1.29, 1.82) is 0 Å². The number of fused-ring (bicyclic) bond motifs is 1. The molecule has 20 heavy (non-hydrogen) atoms. The van der Waals surface area contributed by atoms with E-state index in [0.29, 0.717) is 6.04 Å². The van der Waals surface area contributed by atoms with Gasteiger partial charge in [-0.3, -0.25) is 0 Å². The lowest BCUT2D eigenvalue weighted by molar-refractivity contribution is 0.0913. The zero-order valence-electron chi connectivity index (χ0n) is 12.6. The van der Waals surface area contributed by atoms with E-state index < -0.39 is 0 Å². The van der Waals surface area contributed by atoms with Gasteiger partial charge in [0.2, 0.25) is 0 Å². The molecule has 0 bridgehead atoms. The van der Waals surface area contributed by atoms with Crippen LogP contribution in [0.5, 0.6) is 0 Å². The van der Waals surface area contributed by atoms with Gasteiger partial charge in [0.1, 0.15) is 0 Å². The molecule has 1 aromatic carbocycles. The second-order valence-corrected chi connectivity index (χ2v) is 6.63. The van der Waals surface area contributed by atoms with Gasteiger partial charge in [0.05, 0.1) is 6.10 Å². The first kappa shape index (κ1) is 14.1. The van der Waals surface area contributed by atoms with E-state index in [0.717, 1.165) is 12.1 Å². The number of nitrogens with zero attached hydrogens (tertiary/aromatic N) is 1. The first-order valence-electron chi connectivity index (χ1n) is 8.24. The zero-order chi connectivity index (χ0) is 13.9. The summed E-state index contributed by atoms with van der Waals surface area (Å²) in [5.41, 5.74) is 4.05. The molecule has 0 aliphatic heterocycles. The second kappa shape index (κ2) is 6.28. The van der Waals surface area contributed by atoms with Gasteiger partial charge in [-0.15, -0.1) is 0 Å². The van der Waals surface area contributed by atoms with Gasteiger partial charge in [0.25, 0.3) is 0 Å². The predicted molar refractivity (Wildman–Crippen MR) is 82.9 cm³/mol. The Morgan fingerprint density at radius 1 is 1.10 bits per heavy atom. The maximum Gasteiger partial charge on any atom is 0.0917 e. The van der Waals surface area contributed by atoms with Crippen LogP contribution in [0.15, 0.2) is 18.2 Å². The lowest BCUT2D eigenvalue weighted by Gasteiger charge is -2.32. The largest absolute Gasteiger partial charge is 0.387 e. The monoisotopic (exact) mass is 273 g/mol. The number of likely N-dealkylation sites (N-methyl/N-ethyl adjacent to an activating group) is 1. The number of rotatable bonds is 4. The molecule has 110 valence electrons. The fraction of sp³-hybridized carbons (Fsp3) is 0.667. The van der Waals surface area contributed by atoms with E-state index in [1.807, 2.05) is 0 Å². The summed E-state index contributed by atoms with van der Waals surface area (Å²) in [6.07, 6.45) is 10.0. The maximum atomic E-state index is 10.5. The molecule has 1 atom stereocenters. The summed E-state index contributed by atoms with van der Waals surface area (Å²) in [6.45, 7) is 0.767. The Morgan fingerprint density at radius 2 is 1.85 bits per heavy atom. The number of aliphatic hydroxyl groups is 1. The van der Waals surface area contributed by atoms with Gasteiger partial charge in [0.15, 0.2) is 0 Å². The SMILES string of the molecule is CN(CC(O)c1ccc2c(c1)CCC2)C1CCCCC1. The molecular formula is C18H27NO. The molecule has 2 nitrogen and oxygen atoms in total. The van der Waals surface area contributed by atoms with Crippen LogP contribution in [-0.2, 0) is 12.8 Å². The van der Waals surface area contributed by atoms with Crippen molar-refractivity contribution in [2.75, 3.05) is 13.6 Å². The molecule has 0 radical (unpaired) electrons. The van der Waals surface area contributed by atoms with E-state index in [-0.39, 0.29) is 6.10 Å². The highest BCUT2D eigenvalue weighted by molar-refractivity contribution is 5.36. The highest BCUT2D eigenvalue weighted by Crippen LogP contribution is 2.27. The van der Waals surface area contributed by atoms with Crippen LogP contribution in [0.2, 0.25) is 0 Å². The molecule has 0 spiro atoms. The second-order valence-electron chi connectivity index (χ2n) is 6.63. The molecule has 3 rings (SSSR count). The highest BCUT2D eigenvalue weighted by atomic mass is 16.3. The molecule has 0 aromatic heterocycles. The first-order chi connectivity index (χ1) is 9.74. The third-order valence-electron chi connectivity index (χ3n) is 5.17. The molecule has 1 aromatic rings. The topological polar surface area (TPSA) is 23.5 Å². The van der Waals surface area contributed by atoms with Crippen molar-refractivity contribution in [2.45, 2.75) is 63.5 Å². The molecule has 1 unspecified atom stereocenters. The minimum Gasteiger partial charge on any atom is -0.387 e. The van der Waals surface area contributed by atoms with Gasteiger partial charge in [-0.25, -0.2) is 0 Å². The average molecular weight is 273 g/mol. The summed E-state index contributed by atoms with van der Waals surface area (Å²) in [5.74, 6) is 0. The van der Waals surface area contributed by atoms with Crippen molar-refractivity contribution in [3.63, 3.8) is 0 Å². The number of hydrogen-bond acceptors (Lipinski definition) is 2. The Hall–Kier alpha value is -0.860. The van der Waals surface area contributed by atoms with E-state index in [9.17, 15) is 5.11 Å². The zero-order valence-corrected chi connectivity index (χ0v) is 12.6. The molecule has 0 heterocycles. The molecule has 2 aliphatic rings. The Labute approximate surface area is 122 Å². The number of aliphatic hydroxyl groups excluding tert-OH is 1. The van der Waals surface area contributed by atoms with Crippen LogP contribution >= 0.6 is 0 Å². The quantitative estimate of drug-likeness (QED) is 0.908. The highest BCUT2D eigenvalue weighted by Gasteiger charge is 2.21. The minimum atomic E-state index is -0.340. The summed E-state index contributed by atoms with van der Waals surface area (Å²) in [4.78, 5) is 2.37. The van der Waals surface area contributed by atoms with Crippen LogP contribution in [0.4, 0.5) is 0 Å². The Morgan fingerprint density at radius 3 is 2.65 bits per heavy atom.